The molecule has 3 N–H and O–H groups in total. The molecule has 1 atom stereocenters. The van der Waals surface area contributed by atoms with Gasteiger partial charge >= 0.3 is 0 Å². The fourth-order valence-electron chi connectivity index (χ4n) is 1.81. The highest BCUT2D eigenvalue weighted by molar-refractivity contribution is 8.00. The molecule has 2 rings (SSSR count). The Bertz CT molecular complexity index is 613. The van der Waals surface area contributed by atoms with E-state index in [1.54, 1.807) is 0 Å². The quantitative estimate of drug-likeness (QED) is 0.665. The van der Waals surface area contributed by atoms with Gasteiger partial charge in [-0.3, -0.25) is 4.79 Å². The van der Waals surface area contributed by atoms with Crippen LogP contribution in [0.1, 0.15) is 12.5 Å². The monoisotopic (exact) mass is 286 g/mol. The predicted octanol–water partition coefficient (Wildman–Crippen LogP) is 3.70. The summed E-state index contributed by atoms with van der Waals surface area (Å²) in [5, 5.41) is 2.74. The highest BCUT2D eigenvalue weighted by Crippen LogP contribution is 2.25. The predicted molar refractivity (Wildman–Crippen MR) is 86.0 cm³/mol. The topological polar surface area (TPSA) is 55.1 Å². The van der Waals surface area contributed by atoms with Gasteiger partial charge in [-0.05, 0) is 49.7 Å². The maximum absolute atomic E-state index is 12.1. The minimum Gasteiger partial charge on any atom is -0.399 e. The third kappa shape index (κ3) is 4.03. The lowest BCUT2D eigenvalue weighted by atomic mass is 10.2. The van der Waals surface area contributed by atoms with Crippen LogP contribution < -0.4 is 11.1 Å². The molecule has 0 aliphatic rings. The van der Waals surface area contributed by atoms with Gasteiger partial charge in [0.15, 0.2) is 0 Å². The van der Waals surface area contributed by atoms with Gasteiger partial charge in [0.1, 0.15) is 0 Å². The SMILES string of the molecule is Cc1cccc(NC(=O)C(C)Sc2cccc(N)c2)c1. The van der Waals surface area contributed by atoms with Gasteiger partial charge in [0.05, 0.1) is 5.25 Å². The van der Waals surface area contributed by atoms with Crippen molar-refractivity contribution in [2.24, 2.45) is 0 Å². The summed E-state index contributed by atoms with van der Waals surface area (Å²) >= 11 is 1.50. The Hall–Kier alpha value is -1.94. The molecule has 0 spiro atoms. The van der Waals surface area contributed by atoms with E-state index < -0.39 is 0 Å². The summed E-state index contributed by atoms with van der Waals surface area (Å²) in [5.74, 6) is -0.0111. The van der Waals surface area contributed by atoms with E-state index in [2.05, 4.69) is 5.32 Å². The summed E-state index contributed by atoms with van der Waals surface area (Å²) in [6.07, 6.45) is 0. The normalized spacial score (nSPS) is 11.9. The zero-order chi connectivity index (χ0) is 14.5. The second kappa shape index (κ2) is 6.48. The average molecular weight is 286 g/mol. The largest absolute Gasteiger partial charge is 0.399 e. The van der Waals surface area contributed by atoms with Crippen LogP contribution in [0.3, 0.4) is 0 Å². The number of nitrogens with one attached hydrogen (secondary N) is 1. The van der Waals surface area contributed by atoms with Gasteiger partial charge in [0.2, 0.25) is 5.91 Å². The summed E-state index contributed by atoms with van der Waals surface area (Å²) < 4.78 is 0. The molecule has 0 saturated carbocycles. The number of thioether (sulfide) groups is 1. The van der Waals surface area contributed by atoms with Gasteiger partial charge in [0.25, 0.3) is 0 Å². The fraction of sp³-hybridized carbons (Fsp3) is 0.188. The van der Waals surface area contributed by atoms with Crippen molar-refractivity contribution in [3.8, 4) is 0 Å². The van der Waals surface area contributed by atoms with E-state index in [1.807, 2.05) is 62.4 Å². The van der Waals surface area contributed by atoms with E-state index in [0.717, 1.165) is 16.1 Å². The minimum absolute atomic E-state index is 0.0111. The first kappa shape index (κ1) is 14.5. The van der Waals surface area contributed by atoms with Crippen LogP contribution in [-0.4, -0.2) is 11.2 Å². The Balaban J connectivity index is 1.98. The number of hydrogen-bond donors (Lipinski definition) is 2. The zero-order valence-corrected chi connectivity index (χ0v) is 12.4. The minimum atomic E-state index is -0.183. The lowest BCUT2D eigenvalue weighted by molar-refractivity contribution is -0.115. The number of anilines is 2. The highest BCUT2D eigenvalue weighted by Gasteiger charge is 2.14. The smallest absolute Gasteiger partial charge is 0.237 e. The molecule has 2 aromatic carbocycles. The third-order valence-electron chi connectivity index (χ3n) is 2.83. The van der Waals surface area contributed by atoms with E-state index >= 15 is 0 Å². The van der Waals surface area contributed by atoms with Crippen LogP contribution in [0.2, 0.25) is 0 Å². The number of carbonyl (C=O) groups is 1. The van der Waals surface area contributed by atoms with Crippen molar-refractivity contribution in [3.63, 3.8) is 0 Å². The molecule has 1 unspecified atom stereocenters. The first-order chi connectivity index (χ1) is 9.54. The maximum Gasteiger partial charge on any atom is 0.237 e. The molecule has 4 heteroatoms. The van der Waals surface area contributed by atoms with E-state index in [1.165, 1.54) is 11.8 Å². The lowest BCUT2D eigenvalue weighted by Crippen LogP contribution is -2.22. The Kier molecular flexibility index (Phi) is 4.69. The van der Waals surface area contributed by atoms with Gasteiger partial charge in [-0.1, -0.05) is 18.2 Å². The van der Waals surface area contributed by atoms with Crippen LogP contribution in [0.15, 0.2) is 53.4 Å². The summed E-state index contributed by atoms with van der Waals surface area (Å²) in [6.45, 7) is 3.89. The van der Waals surface area contributed by atoms with Crippen molar-refractivity contribution < 1.29 is 4.79 Å². The molecule has 0 aliphatic carbocycles. The van der Waals surface area contributed by atoms with Gasteiger partial charge in [-0.15, -0.1) is 11.8 Å². The van der Waals surface area contributed by atoms with Crippen molar-refractivity contribution in [1.29, 1.82) is 0 Å². The van der Waals surface area contributed by atoms with E-state index in [-0.39, 0.29) is 11.2 Å². The second-order valence-corrected chi connectivity index (χ2v) is 6.11. The van der Waals surface area contributed by atoms with Crippen LogP contribution in [0.5, 0.6) is 0 Å². The number of nitrogens with two attached hydrogens (primary N) is 1. The van der Waals surface area contributed by atoms with Crippen molar-refractivity contribution in [3.05, 3.63) is 54.1 Å². The zero-order valence-electron chi connectivity index (χ0n) is 11.6. The molecule has 104 valence electrons. The van der Waals surface area contributed by atoms with Crippen molar-refractivity contribution in [1.82, 2.24) is 0 Å². The van der Waals surface area contributed by atoms with Crippen LogP contribution in [0.25, 0.3) is 0 Å². The number of benzene rings is 2. The first-order valence-electron chi connectivity index (χ1n) is 6.44. The highest BCUT2D eigenvalue weighted by atomic mass is 32.2. The van der Waals surface area contributed by atoms with Gasteiger partial charge in [-0.2, -0.15) is 0 Å². The number of hydrogen-bond acceptors (Lipinski definition) is 3. The molecule has 0 aliphatic heterocycles. The van der Waals surface area contributed by atoms with E-state index in [0.29, 0.717) is 5.69 Å². The van der Waals surface area contributed by atoms with E-state index in [9.17, 15) is 4.79 Å². The Labute approximate surface area is 123 Å². The summed E-state index contributed by atoms with van der Waals surface area (Å²) in [7, 11) is 0. The second-order valence-electron chi connectivity index (χ2n) is 4.69. The Morgan fingerprint density at radius 2 is 1.95 bits per heavy atom. The lowest BCUT2D eigenvalue weighted by Gasteiger charge is -2.12. The molecular weight excluding hydrogens is 268 g/mol. The number of amides is 1. The molecule has 0 bridgehead atoms. The van der Waals surface area contributed by atoms with Crippen LogP contribution >= 0.6 is 11.8 Å². The standard InChI is InChI=1S/C16H18N2OS/c1-11-5-3-7-14(9-11)18-16(19)12(2)20-15-8-4-6-13(17)10-15/h3-10,12H,17H2,1-2H3,(H,18,19). The van der Waals surface area contributed by atoms with Crippen LogP contribution in [0.4, 0.5) is 11.4 Å². The maximum atomic E-state index is 12.1. The van der Waals surface area contributed by atoms with E-state index in [4.69, 9.17) is 5.73 Å². The van der Waals surface area contributed by atoms with Gasteiger partial charge in [0, 0.05) is 16.3 Å². The van der Waals surface area contributed by atoms with Gasteiger partial charge < -0.3 is 11.1 Å². The molecule has 3 nitrogen and oxygen atoms in total. The number of carbonyl (C=O) groups excluding carboxylic acids is 1. The molecule has 1 amide bonds. The Morgan fingerprint density at radius 3 is 2.65 bits per heavy atom. The number of aryl methyl sites for hydroxylation is 1. The number of rotatable bonds is 4. The number of nitrogen functional groups attached to an aromatic ring is 1. The summed E-state index contributed by atoms with van der Waals surface area (Å²) in [5.41, 5.74) is 8.40. The van der Waals surface area contributed by atoms with Crippen LogP contribution in [0, 0.1) is 6.92 Å². The van der Waals surface area contributed by atoms with Crippen molar-refractivity contribution >= 4 is 29.0 Å². The molecule has 0 radical (unpaired) electrons. The average Bonchev–Trinajstić information content (AvgIpc) is 2.38. The van der Waals surface area contributed by atoms with Crippen molar-refractivity contribution in [2.75, 3.05) is 11.1 Å². The molecule has 20 heavy (non-hydrogen) atoms. The third-order valence-corrected chi connectivity index (χ3v) is 3.92. The van der Waals surface area contributed by atoms with Crippen LogP contribution in [-0.2, 0) is 4.79 Å². The molecule has 0 heterocycles. The summed E-state index contributed by atoms with van der Waals surface area (Å²) in [4.78, 5) is 13.1. The van der Waals surface area contributed by atoms with Gasteiger partial charge in [-0.25, -0.2) is 0 Å². The molecule has 0 aromatic heterocycles. The van der Waals surface area contributed by atoms with Crippen molar-refractivity contribution in [2.45, 2.75) is 24.0 Å². The first-order valence-corrected chi connectivity index (χ1v) is 7.32. The molecular formula is C16H18N2OS. The molecule has 2 aromatic rings. The molecule has 0 saturated heterocycles. The summed E-state index contributed by atoms with van der Waals surface area (Å²) in [6, 6.07) is 15.3. The Morgan fingerprint density at radius 1 is 1.20 bits per heavy atom. The fourth-order valence-corrected chi connectivity index (χ4v) is 2.75. The molecule has 0 fully saturated rings.